The van der Waals surface area contributed by atoms with Gasteiger partial charge in [-0.3, -0.25) is 0 Å². The Bertz CT molecular complexity index is 978. The predicted octanol–water partition coefficient (Wildman–Crippen LogP) is 0.654. The summed E-state index contributed by atoms with van der Waals surface area (Å²) in [4.78, 5) is 0. The van der Waals surface area contributed by atoms with Crippen molar-refractivity contribution in [3.05, 3.63) is 41.5 Å². The minimum atomic E-state index is -1.57. The lowest BCUT2D eigenvalue weighted by Crippen LogP contribution is -2.60. The van der Waals surface area contributed by atoms with E-state index in [0.29, 0.717) is 35.7 Å². The molecule has 0 spiro atoms. The van der Waals surface area contributed by atoms with Gasteiger partial charge < -0.3 is 49.2 Å². The fourth-order valence-corrected chi connectivity index (χ4v) is 4.13. The van der Waals surface area contributed by atoms with Gasteiger partial charge in [-0.1, -0.05) is 6.07 Å². The van der Waals surface area contributed by atoms with E-state index in [0.717, 1.165) is 5.56 Å². The Hall–Kier alpha value is -2.76. The third kappa shape index (κ3) is 4.53. The summed E-state index contributed by atoms with van der Waals surface area (Å²) < 4.78 is 28.0. The Morgan fingerprint density at radius 3 is 2.39 bits per heavy atom. The zero-order valence-electron chi connectivity index (χ0n) is 18.2. The molecule has 0 radical (unpaired) electrons. The van der Waals surface area contributed by atoms with Crippen molar-refractivity contribution >= 4 is 0 Å². The van der Waals surface area contributed by atoms with Crippen molar-refractivity contribution < 1.29 is 49.2 Å². The van der Waals surface area contributed by atoms with Crippen LogP contribution < -0.4 is 18.9 Å². The normalized spacial score (nSPS) is 29.0. The average molecular weight is 464 g/mol. The molecule has 1 fully saturated rings. The lowest BCUT2D eigenvalue weighted by molar-refractivity contribution is -0.277. The molecule has 0 aromatic heterocycles. The second-order valence-electron chi connectivity index (χ2n) is 8.00. The van der Waals surface area contributed by atoms with Crippen LogP contribution in [0.15, 0.2) is 30.3 Å². The first-order valence-electron chi connectivity index (χ1n) is 10.6. The Labute approximate surface area is 190 Å². The van der Waals surface area contributed by atoms with Crippen LogP contribution in [0.4, 0.5) is 0 Å². The van der Waals surface area contributed by atoms with Crippen molar-refractivity contribution in [2.45, 2.75) is 49.7 Å². The van der Waals surface area contributed by atoms with Gasteiger partial charge in [0.1, 0.15) is 47.8 Å². The number of benzene rings is 2. The van der Waals surface area contributed by atoms with Crippen LogP contribution in [0.5, 0.6) is 28.7 Å². The number of fused-ring (bicyclic) bond motifs is 1. The van der Waals surface area contributed by atoms with Crippen molar-refractivity contribution in [2.24, 2.45) is 0 Å². The summed E-state index contributed by atoms with van der Waals surface area (Å²) in [6.07, 6.45) is -6.28. The van der Waals surface area contributed by atoms with E-state index in [2.05, 4.69) is 0 Å². The summed E-state index contributed by atoms with van der Waals surface area (Å²) in [5.74, 6) is 1.67. The van der Waals surface area contributed by atoms with Crippen LogP contribution in [0.2, 0.25) is 0 Å². The maximum absolute atomic E-state index is 10.3. The van der Waals surface area contributed by atoms with Gasteiger partial charge in [-0.25, -0.2) is 0 Å². The van der Waals surface area contributed by atoms with Crippen LogP contribution in [-0.4, -0.2) is 77.1 Å². The van der Waals surface area contributed by atoms with Gasteiger partial charge in [-0.05, 0) is 30.5 Å². The minimum Gasteiger partial charge on any atom is -0.508 e. The monoisotopic (exact) mass is 464 g/mol. The van der Waals surface area contributed by atoms with Crippen LogP contribution in [0.1, 0.15) is 23.7 Å². The number of phenolic OH excluding ortho intramolecular Hbond substituents is 1. The highest BCUT2D eigenvalue weighted by Gasteiger charge is 2.45. The third-order valence-corrected chi connectivity index (χ3v) is 5.95. The topological polar surface area (TPSA) is 147 Å². The average Bonchev–Trinajstić information content (AvgIpc) is 2.83. The molecule has 0 unspecified atom stereocenters. The number of hydrogen-bond donors (Lipinski definition) is 5. The molecule has 0 bridgehead atoms. The Morgan fingerprint density at radius 2 is 1.70 bits per heavy atom. The number of phenols is 1. The highest BCUT2D eigenvalue weighted by atomic mass is 16.7. The second kappa shape index (κ2) is 9.62. The van der Waals surface area contributed by atoms with E-state index in [1.807, 2.05) is 12.1 Å². The van der Waals surface area contributed by atoms with Crippen LogP contribution in [0.25, 0.3) is 0 Å². The van der Waals surface area contributed by atoms with Gasteiger partial charge in [0.05, 0.1) is 20.8 Å². The van der Waals surface area contributed by atoms with Gasteiger partial charge in [-0.15, -0.1) is 0 Å². The fraction of sp³-hybridized carbons (Fsp3) is 0.478. The van der Waals surface area contributed by atoms with Crippen molar-refractivity contribution in [1.82, 2.24) is 0 Å². The molecule has 6 atom stereocenters. The number of aliphatic hydroxyl groups is 4. The van der Waals surface area contributed by atoms with Gasteiger partial charge >= 0.3 is 0 Å². The lowest BCUT2D eigenvalue weighted by atomic mass is 9.96. The van der Waals surface area contributed by atoms with Crippen LogP contribution in [-0.2, 0) is 11.2 Å². The van der Waals surface area contributed by atoms with Gasteiger partial charge in [0.15, 0.2) is 11.5 Å². The first-order chi connectivity index (χ1) is 15.9. The van der Waals surface area contributed by atoms with Crippen LogP contribution in [0.3, 0.4) is 0 Å². The molecule has 10 heteroatoms. The summed E-state index contributed by atoms with van der Waals surface area (Å²) in [7, 11) is 3.12. The standard InChI is InChI=1S/C23H28O10/c1-29-15-5-3-11(7-18(15)30-2)14-6-4-13-16(31-14)8-12(25)9-17(13)32-23-22(28)21(27)20(26)19(10-24)33-23/h3,5,7-9,14,19-28H,4,6,10H2,1-2H3/t14-,19-,20+,21-,22+,23+/m0/s1. The lowest BCUT2D eigenvalue weighted by Gasteiger charge is -2.40. The zero-order valence-corrected chi connectivity index (χ0v) is 18.2. The summed E-state index contributed by atoms with van der Waals surface area (Å²) in [5.41, 5.74) is 1.53. The first kappa shape index (κ1) is 23.4. The molecule has 2 heterocycles. The van der Waals surface area contributed by atoms with E-state index in [-0.39, 0.29) is 17.6 Å². The Balaban J connectivity index is 1.57. The molecule has 2 aliphatic rings. The maximum atomic E-state index is 10.3. The second-order valence-corrected chi connectivity index (χ2v) is 8.00. The van der Waals surface area contributed by atoms with E-state index in [9.17, 15) is 25.5 Å². The first-order valence-corrected chi connectivity index (χ1v) is 10.6. The molecular formula is C23H28O10. The van der Waals surface area contributed by atoms with Crippen LogP contribution >= 0.6 is 0 Å². The van der Waals surface area contributed by atoms with E-state index >= 15 is 0 Å². The van der Waals surface area contributed by atoms with E-state index < -0.39 is 37.3 Å². The molecule has 2 aromatic rings. The van der Waals surface area contributed by atoms with Crippen molar-refractivity contribution in [3.63, 3.8) is 0 Å². The largest absolute Gasteiger partial charge is 0.508 e. The number of hydrogen-bond acceptors (Lipinski definition) is 10. The van der Waals surface area contributed by atoms with Gasteiger partial charge in [0, 0.05) is 17.7 Å². The van der Waals surface area contributed by atoms with Crippen LogP contribution in [0, 0.1) is 0 Å². The number of methoxy groups -OCH3 is 2. The van der Waals surface area contributed by atoms with E-state index in [1.54, 1.807) is 20.3 Å². The summed E-state index contributed by atoms with van der Waals surface area (Å²) in [5, 5.41) is 49.9. The smallest absolute Gasteiger partial charge is 0.229 e. The van der Waals surface area contributed by atoms with Gasteiger partial charge in [0.25, 0.3) is 0 Å². The maximum Gasteiger partial charge on any atom is 0.229 e. The molecule has 0 amide bonds. The molecular weight excluding hydrogens is 436 g/mol. The van der Waals surface area contributed by atoms with E-state index in [4.69, 9.17) is 23.7 Å². The van der Waals surface area contributed by atoms with Gasteiger partial charge in [0.2, 0.25) is 6.29 Å². The molecule has 2 aliphatic heterocycles. The third-order valence-electron chi connectivity index (χ3n) is 5.95. The number of aliphatic hydroxyl groups excluding tert-OH is 4. The van der Waals surface area contributed by atoms with Crippen molar-refractivity contribution in [3.8, 4) is 28.7 Å². The highest BCUT2D eigenvalue weighted by Crippen LogP contribution is 2.44. The molecule has 10 nitrogen and oxygen atoms in total. The fourth-order valence-electron chi connectivity index (χ4n) is 4.13. The zero-order chi connectivity index (χ0) is 23.7. The highest BCUT2D eigenvalue weighted by molar-refractivity contribution is 5.52. The van der Waals surface area contributed by atoms with Crippen molar-refractivity contribution in [1.29, 1.82) is 0 Å². The quantitative estimate of drug-likeness (QED) is 0.413. The minimum absolute atomic E-state index is 0.124. The van der Waals surface area contributed by atoms with Gasteiger partial charge in [-0.2, -0.15) is 0 Å². The SMILES string of the molecule is COc1ccc([C@@H]2CCc3c(O[C@@H]4O[C@@H](CO)[C@@H](O)[C@H](O)[C@H]4O)cc(O)cc3O2)cc1OC. The molecule has 180 valence electrons. The molecule has 0 saturated carbocycles. The molecule has 4 rings (SSSR count). The summed E-state index contributed by atoms with van der Waals surface area (Å²) >= 11 is 0. The summed E-state index contributed by atoms with van der Waals surface area (Å²) in [6, 6.07) is 8.35. The molecule has 2 aromatic carbocycles. The molecule has 0 aliphatic carbocycles. The number of ether oxygens (including phenoxy) is 5. The van der Waals surface area contributed by atoms with E-state index in [1.165, 1.54) is 12.1 Å². The Morgan fingerprint density at radius 1 is 0.939 bits per heavy atom. The predicted molar refractivity (Wildman–Crippen MR) is 114 cm³/mol. The number of aromatic hydroxyl groups is 1. The number of rotatable bonds is 6. The molecule has 33 heavy (non-hydrogen) atoms. The Kier molecular flexibility index (Phi) is 6.82. The molecule has 1 saturated heterocycles. The summed E-state index contributed by atoms with van der Waals surface area (Å²) in [6.45, 7) is -0.570. The van der Waals surface area contributed by atoms with Crippen molar-refractivity contribution in [2.75, 3.05) is 20.8 Å². The molecule has 5 N–H and O–H groups in total.